The van der Waals surface area contributed by atoms with E-state index in [-0.39, 0.29) is 16.8 Å². The van der Waals surface area contributed by atoms with E-state index in [0.717, 1.165) is 24.8 Å². The second-order valence-corrected chi connectivity index (χ2v) is 10.1. The molecule has 0 spiro atoms. The Labute approximate surface area is 190 Å². The Kier molecular flexibility index (Phi) is 6.50. The third-order valence-electron chi connectivity index (χ3n) is 5.36. The molecule has 1 fully saturated rings. The van der Waals surface area contributed by atoms with Gasteiger partial charge in [-0.05, 0) is 76.8 Å². The molecule has 1 atom stereocenters. The second-order valence-electron chi connectivity index (χ2n) is 7.37. The van der Waals surface area contributed by atoms with Crippen LogP contribution in [0.15, 0.2) is 82.4 Å². The molecule has 1 N–H and O–H groups in total. The first-order valence-corrected chi connectivity index (χ1v) is 12.3. The van der Waals surface area contributed by atoms with Crippen LogP contribution >= 0.6 is 15.9 Å². The van der Waals surface area contributed by atoms with E-state index in [1.807, 2.05) is 18.2 Å². The van der Waals surface area contributed by atoms with Crippen LogP contribution in [0.3, 0.4) is 0 Å². The lowest BCUT2D eigenvalue weighted by atomic mass is 9.99. The van der Waals surface area contributed by atoms with Crippen molar-refractivity contribution < 1.29 is 13.2 Å². The van der Waals surface area contributed by atoms with E-state index >= 15 is 0 Å². The van der Waals surface area contributed by atoms with Crippen molar-refractivity contribution in [3.05, 3.63) is 88.7 Å². The van der Waals surface area contributed by atoms with E-state index < -0.39 is 10.0 Å². The maximum Gasteiger partial charge on any atom is 0.256 e. The highest BCUT2D eigenvalue weighted by Gasteiger charge is 2.34. The number of carbonyl (C=O) groups excluding carboxylic acids is 1. The molecular weight excluding hydrogens is 478 g/mol. The Morgan fingerprint density at radius 2 is 1.81 bits per heavy atom. The van der Waals surface area contributed by atoms with Crippen LogP contribution in [0.25, 0.3) is 0 Å². The Bertz CT molecular complexity index is 1170. The van der Waals surface area contributed by atoms with Gasteiger partial charge >= 0.3 is 0 Å². The van der Waals surface area contributed by atoms with Gasteiger partial charge in [0, 0.05) is 29.1 Å². The van der Waals surface area contributed by atoms with Crippen LogP contribution in [0.4, 0.5) is 5.69 Å². The standard InChI is InChI=1S/C23H22BrN3O3S/c24-21-8-2-1-7-20(21)23(28)26-18-10-12-19(13-11-18)31(29,30)27-15-4-3-9-22(27)17-6-5-14-25-16-17/h1-2,5-8,10-14,16,22H,3-4,9,15H2,(H,26,28). The molecule has 0 radical (unpaired) electrons. The van der Waals surface area contributed by atoms with Gasteiger partial charge in [0.1, 0.15) is 0 Å². The van der Waals surface area contributed by atoms with Crippen LogP contribution in [-0.2, 0) is 10.0 Å². The average molecular weight is 500 g/mol. The molecule has 6 nitrogen and oxygen atoms in total. The molecule has 1 aliphatic rings. The fourth-order valence-electron chi connectivity index (χ4n) is 3.79. The predicted octanol–water partition coefficient (Wildman–Crippen LogP) is 5.01. The van der Waals surface area contributed by atoms with Gasteiger partial charge in [0.2, 0.25) is 10.0 Å². The van der Waals surface area contributed by atoms with Gasteiger partial charge in [-0.15, -0.1) is 0 Å². The van der Waals surface area contributed by atoms with Crippen molar-refractivity contribution in [3.8, 4) is 0 Å². The van der Waals surface area contributed by atoms with Crippen molar-refractivity contribution >= 4 is 37.5 Å². The van der Waals surface area contributed by atoms with Gasteiger partial charge in [0.15, 0.2) is 0 Å². The number of rotatable bonds is 5. The maximum atomic E-state index is 13.4. The summed E-state index contributed by atoms with van der Waals surface area (Å²) in [4.78, 5) is 16.9. The molecule has 4 rings (SSSR count). The van der Waals surface area contributed by atoms with E-state index in [4.69, 9.17) is 0 Å². The first kappa shape index (κ1) is 21.7. The number of piperidine rings is 1. The zero-order chi connectivity index (χ0) is 21.8. The number of carbonyl (C=O) groups is 1. The quantitative estimate of drug-likeness (QED) is 0.534. The van der Waals surface area contributed by atoms with Crippen molar-refractivity contribution in [3.63, 3.8) is 0 Å². The van der Waals surface area contributed by atoms with E-state index in [1.165, 1.54) is 0 Å². The molecule has 160 valence electrons. The fourth-order valence-corrected chi connectivity index (χ4v) is 5.94. The number of halogens is 1. The van der Waals surface area contributed by atoms with Crippen molar-refractivity contribution in [2.24, 2.45) is 0 Å². The zero-order valence-corrected chi connectivity index (χ0v) is 19.1. The number of amides is 1. The molecule has 1 aromatic heterocycles. The normalized spacial score (nSPS) is 17.3. The fraction of sp³-hybridized carbons (Fsp3) is 0.217. The number of pyridine rings is 1. The van der Waals surface area contributed by atoms with Crippen LogP contribution in [0.5, 0.6) is 0 Å². The Hall–Kier alpha value is -2.55. The van der Waals surface area contributed by atoms with E-state index in [0.29, 0.717) is 22.3 Å². The van der Waals surface area contributed by atoms with Crippen molar-refractivity contribution in [2.75, 3.05) is 11.9 Å². The zero-order valence-electron chi connectivity index (χ0n) is 16.7. The number of aromatic nitrogens is 1. The summed E-state index contributed by atoms with van der Waals surface area (Å²) in [5.74, 6) is -0.268. The molecule has 1 unspecified atom stereocenters. The van der Waals surface area contributed by atoms with Gasteiger partial charge in [-0.25, -0.2) is 8.42 Å². The summed E-state index contributed by atoms with van der Waals surface area (Å²) in [7, 11) is -3.68. The molecule has 1 amide bonds. The van der Waals surface area contributed by atoms with Gasteiger partial charge < -0.3 is 5.32 Å². The monoisotopic (exact) mass is 499 g/mol. The number of nitrogens with one attached hydrogen (secondary N) is 1. The molecule has 8 heteroatoms. The lowest BCUT2D eigenvalue weighted by Gasteiger charge is -2.34. The molecule has 2 heterocycles. The van der Waals surface area contributed by atoms with E-state index in [9.17, 15) is 13.2 Å². The first-order chi connectivity index (χ1) is 15.0. The molecule has 2 aromatic carbocycles. The average Bonchev–Trinajstić information content (AvgIpc) is 2.80. The summed E-state index contributed by atoms with van der Waals surface area (Å²) in [5, 5.41) is 2.81. The highest BCUT2D eigenvalue weighted by Crippen LogP contribution is 2.35. The highest BCUT2D eigenvalue weighted by atomic mass is 79.9. The number of hydrogen-bond donors (Lipinski definition) is 1. The third-order valence-corrected chi connectivity index (χ3v) is 7.97. The van der Waals surface area contributed by atoms with Crippen molar-refractivity contribution in [1.82, 2.24) is 9.29 Å². The van der Waals surface area contributed by atoms with Gasteiger partial charge in [0.25, 0.3) is 5.91 Å². The lowest BCUT2D eigenvalue weighted by molar-refractivity contribution is 0.102. The van der Waals surface area contributed by atoms with Crippen LogP contribution in [-0.4, -0.2) is 30.2 Å². The maximum absolute atomic E-state index is 13.4. The minimum atomic E-state index is -3.68. The number of anilines is 1. The molecular formula is C23H22BrN3O3S. The Morgan fingerprint density at radius 3 is 2.52 bits per heavy atom. The minimum absolute atomic E-state index is 0.210. The third kappa shape index (κ3) is 4.71. The summed E-state index contributed by atoms with van der Waals surface area (Å²) >= 11 is 3.37. The number of nitrogens with zero attached hydrogens (tertiary/aromatic N) is 2. The second kappa shape index (κ2) is 9.30. The van der Waals surface area contributed by atoms with Crippen LogP contribution < -0.4 is 5.32 Å². The molecule has 0 bridgehead atoms. The van der Waals surface area contributed by atoms with Crippen molar-refractivity contribution in [2.45, 2.75) is 30.2 Å². The molecule has 3 aromatic rings. The lowest BCUT2D eigenvalue weighted by Crippen LogP contribution is -2.38. The van der Waals surface area contributed by atoms with Gasteiger partial charge in [-0.1, -0.05) is 24.6 Å². The highest BCUT2D eigenvalue weighted by molar-refractivity contribution is 9.10. The molecule has 0 aliphatic carbocycles. The predicted molar refractivity (Wildman–Crippen MR) is 123 cm³/mol. The van der Waals surface area contributed by atoms with Gasteiger partial charge in [0.05, 0.1) is 16.5 Å². The van der Waals surface area contributed by atoms with Gasteiger partial charge in [-0.3, -0.25) is 9.78 Å². The molecule has 1 saturated heterocycles. The minimum Gasteiger partial charge on any atom is -0.322 e. The summed E-state index contributed by atoms with van der Waals surface area (Å²) in [6.45, 7) is 0.475. The Morgan fingerprint density at radius 1 is 1.03 bits per heavy atom. The van der Waals surface area contributed by atoms with Crippen molar-refractivity contribution in [1.29, 1.82) is 0 Å². The van der Waals surface area contributed by atoms with Gasteiger partial charge in [-0.2, -0.15) is 4.31 Å². The molecule has 1 aliphatic heterocycles. The van der Waals surface area contributed by atoms with Crippen LogP contribution in [0, 0.1) is 0 Å². The Balaban J connectivity index is 1.55. The summed E-state index contributed by atoms with van der Waals surface area (Å²) in [6.07, 6.45) is 6.00. The SMILES string of the molecule is O=C(Nc1ccc(S(=O)(=O)N2CCCCC2c2cccnc2)cc1)c1ccccc1Br. The topological polar surface area (TPSA) is 79.4 Å². The number of benzene rings is 2. The van der Waals surface area contributed by atoms with Crippen LogP contribution in [0.2, 0.25) is 0 Å². The van der Waals surface area contributed by atoms with Crippen LogP contribution in [0.1, 0.15) is 41.2 Å². The first-order valence-electron chi connectivity index (χ1n) is 10.0. The summed E-state index contributed by atoms with van der Waals surface area (Å²) < 4.78 is 29.0. The summed E-state index contributed by atoms with van der Waals surface area (Å²) in [5.41, 5.74) is 1.94. The largest absolute Gasteiger partial charge is 0.322 e. The molecule has 31 heavy (non-hydrogen) atoms. The summed E-state index contributed by atoms with van der Waals surface area (Å²) in [6, 6.07) is 17.0. The number of hydrogen-bond acceptors (Lipinski definition) is 4. The van der Waals surface area contributed by atoms with E-state index in [2.05, 4.69) is 26.2 Å². The van der Waals surface area contributed by atoms with E-state index in [1.54, 1.807) is 59.2 Å². The molecule has 0 saturated carbocycles. The smallest absolute Gasteiger partial charge is 0.256 e. The number of sulfonamides is 1.